The topological polar surface area (TPSA) is 86.7 Å². The maximum atomic E-state index is 4.66. The molecule has 1 aromatic carbocycles. The highest BCUT2D eigenvalue weighted by molar-refractivity contribution is 7.99. The maximum absolute atomic E-state index is 4.66. The molecule has 0 saturated heterocycles. The lowest BCUT2D eigenvalue weighted by molar-refractivity contribution is 0.667. The van der Waals surface area contributed by atoms with Crippen LogP contribution in [-0.4, -0.2) is 39.3 Å². The first-order chi connectivity index (χ1) is 14.9. The van der Waals surface area contributed by atoms with Crippen LogP contribution in [-0.2, 0) is 0 Å². The largest absolute Gasteiger partial charge is 0.299 e. The number of rotatable bonds is 5. The molecule has 0 unspecified atom stereocenters. The van der Waals surface area contributed by atoms with Crippen LogP contribution in [0.15, 0.2) is 77.4 Å². The SMILES string of the molecule is c1ccc(-c2cc(Sc3nnc(-c4ccncc4)n3C3CC3)n3ncnc3n2)cc1. The number of aromatic nitrogens is 8. The van der Waals surface area contributed by atoms with E-state index in [0.717, 1.165) is 45.7 Å². The fourth-order valence-corrected chi connectivity index (χ4v) is 4.40. The lowest BCUT2D eigenvalue weighted by Crippen LogP contribution is -2.02. The van der Waals surface area contributed by atoms with Gasteiger partial charge in [-0.3, -0.25) is 9.55 Å². The zero-order chi connectivity index (χ0) is 19.9. The Bertz CT molecular complexity index is 1330. The summed E-state index contributed by atoms with van der Waals surface area (Å²) in [5.41, 5.74) is 2.90. The van der Waals surface area contributed by atoms with Gasteiger partial charge in [-0.05, 0) is 42.8 Å². The Morgan fingerprint density at radius 2 is 1.77 bits per heavy atom. The van der Waals surface area contributed by atoms with Crippen molar-refractivity contribution in [1.82, 2.24) is 39.3 Å². The van der Waals surface area contributed by atoms with Gasteiger partial charge < -0.3 is 0 Å². The lowest BCUT2D eigenvalue weighted by Gasteiger charge is -2.10. The van der Waals surface area contributed by atoms with E-state index < -0.39 is 0 Å². The van der Waals surface area contributed by atoms with Crippen LogP contribution in [0, 0.1) is 0 Å². The molecular formula is C21H16N8S. The third-order valence-corrected chi connectivity index (χ3v) is 5.96. The molecule has 5 aromatic rings. The van der Waals surface area contributed by atoms with Crippen molar-refractivity contribution in [2.45, 2.75) is 29.1 Å². The molecule has 0 N–H and O–H groups in total. The first-order valence-electron chi connectivity index (χ1n) is 9.66. The molecule has 0 bridgehead atoms. The van der Waals surface area contributed by atoms with Crippen LogP contribution >= 0.6 is 11.8 Å². The highest BCUT2D eigenvalue weighted by Gasteiger charge is 2.30. The second-order valence-electron chi connectivity index (χ2n) is 7.06. The van der Waals surface area contributed by atoms with Crippen molar-refractivity contribution in [3.63, 3.8) is 0 Å². The molecule has 0 atom stereocenters. The minimum Gasteiger partial charge on any atom is -0.299 e. The van der Waals surface area contributed by atoms with Crippen LogP contribution in [0.3, 0.4) is 0 Å². The summed E-state index contributed by atoms with van der Waals surface area (Å²) in [4.78, 5) is 13.1. The lowest BCUT2D eigenvalue weighted by atomic mass is 10.1. The van der Waals surface area contributed by atoms with Gasteiger partial charge in [0.25, 0.3) is 5.78 Å². The van der Waals surface area contributed by atoms with Crippen LogP contribution in [0.25, 0.3) is 28.4 Å². The van der Waals surface area contributed by atoms with Crippen LogP contribution in [0.4, 0.5) is 0 Å². The van der Waals surface area contributed by atoms with E-state index in [1.54, 1.807) is 16.9 Å². The van der Waals surface area contributed by atoms with Crippen molar-refractivity contribution in [2.24, 2.45) is 0 Å². The van der Waals surface area contributed by atoms with E-state index in [9.17, 15) is 0 Å². The van der Waals surface area contributed by atoms with E-state index in [0.29, 0.717) is 11.8 Å². The first-order valence-corrected chi connectivity index (χ1v) is 10.5. The van der Waals surface area contributed by atoms with Crippen LogP contribution in [0.5, 0.6) is 0 Å². The highest BCUT2D eigenvalue weighted by Crippen LogP contribution is 2.42. The maximum Gasteiger partial charge on any atom is 0.253 e. The molecule has 4 heterocycles. The number of hydrogen-bond acceptors (Lipinski definition) is 7. The second kappa shape index (κ2) is 7.03. The van der Waals surface area contributed by atoms with E-state index in [-0.39, 0.29) is 0 Å². The van der Waals surface area contributed by atoms with Gasteiger partial charge in [0.15, 0.2) is 11.0 Å². The van der Waals surface area contributed by atoms with Gasteiger partial charge in [0, 0.05) is 29.6 Å². The van der Waals surface area contributed by atoms with Crippen LogP contribution in [0.2, 0.25) is 0 Å². The summed E-state index contributed by atoms with van der Waals surface area (Å²) in [7, 11) is 0. The van der Waals surface area contributed by atoms with Gasteiger partial charge in [-0.15, -0.1) is 10.2 Å². The third kappa shape index (κ3) is 3.03. The fraction of sp³-hybridized carbons (Fsp3) is 0.143. The molecule has 1 saturated carbocycles. The van der Waals surface area contributed by atoms with Crippen molar-refractivity contribution in [2.75, 3.05) is 0 Å². The first kappa shape index (κ1) is 17.3. The summed E-state index contributed by atoms with van der Waals surface area (Å²) >= 11 is 1.54. The van der Waals surface area contributed by atoms with Gasteiger partial charge in [-0.2, -0.15) is 14.6 Å². The minimum atomic E-state index is 0.423. The van der Waals surface area contributed by atoms with Gasteiger partial charge in [0.2, 0.25) is 0 Å². The Kier molecular flexibility index (Phi) is 4.05. The average molecular weight is 412 g/mol. The fourth-order valence-electron chi connectivity index (χ4n) is 3.41. The molecule has 9 heteroatoms. The third-order valence-electron chi connectivity index (χ3n) is 5.00. The van der Waals surface area contributed by atoms with Crippen molar-refractivity contribution < 1.29 is 0 Å². The van der Waals surface area contributed by atoms with Crippen molar-refractivity contribution >= 4 is 17.5 Å². The monoisotopic (exact) mass is 412 g/mol. The van der Waals surface area contributed by atoms with E-state index in [2.05, 4.69) is 34.8 Å². The summed E-state index contributed by atoms with van der Waals surface area (Å²) in [6.45, 7) is 0. The predicted molar refractivity (Wildman–Crippen MR) is 112 cm³/mol. The summed E-state index contributed by atoms with van der Waals surface area (Å²) in [6.07, 6.45) is 7.35. The van der Waals surface area contributed by atoms with E-state index in [1.165, 1.54) is 18.1 Å². The quantitative estimate of drug-likeness (QED) is 0.404. The summed E-state index contributed by atoms with van der Waals surface area (Å²) in [6, 6.07) is 16.5. The minimum absolute atomic E-state index is 0.423. The van der Waals surface area contributed by atoms with Gasteiger partial charge in [0.05, 0.1) is 5.69 Å². The second-order valence-corrected chi connectivity index (χ2v) is 8.05. The predicted octanol–water partition coefficient (Wildman–Crippen LogP) is 3.93. The zero-order valence-electron chi connectivity index (χ0n) is 15.8. The Balaban J connectivity index is 1.46. The normalized spacial score (nSPS) is 13.7. The molecular weight excluding hydrogens is 396 g/mol. The molecule has 6 rings (SSSR count). The van der Waals surface area contributed by atoms with Crippen LogP contribution < -0.4 is 0 Å². The molecule has 30 heavy (non-hydrogen) atoms. The zero-order valence-corrected chi connectivity index (χ0v) is 16.6. The molecule has 0 radical (unpaired) electrons. The summed E-state index contributed by atoms with van der Waals surface area (Å²) in [5, 5.41) is 15.1. The standard InChI is InChI=1S/C21H16N8S/c1-2-4-14(5-3-1)17-12-18(29-20(25-17)23-13-24-29)30-21-27-26-19(28(21)16-6-7-16)15-8-10-22-11-9-15/h1-5,8-13,16H,6-7H2. The highest BCUT2D eigenvalue weighted by atomic mass is 32.2. The van der Waals surface area contributed by atoms with E-state index >= 15 is 0 Å². The summed E-state index contributed by atoms with van der Waals surface area (Å²) < 4.78 is 3.97. The number of nitrogens with zero attached hydrogens (tertiary/aromatic N) is 8. The molecule has 1 aliphatic rings. The van der Waals surface area contributed by atoms with Gasteiger partial charge in [-0.25, -0.2) is 4.98 Å². The van der Waals surface area contributed by atoms with Gasteiger partial charge in [-0.1, -0.05) is 30.3 Å². The van der Waals surface area contributed by atoms with E-state index in [4.69, 9.17) is 0 Å². The van der Waals surface area contributed by atoms with Gasteiger partial charge in [0.1, 0.15) is 11.4 Å². The molecule has 0 aliphatic heterocycles. The molecule has 8 nitrogen and oxygen atoms in total. The van der Waals surface area contributed by atoms with Gasteiger partial charge >= 0.3 is 0 Å². The Labute approximate surface area is 176 Å². The van der Waals surface area contributed by atoms with Crippen molar-refractivity contribution in [3.8, 4) is 22.6 Å². The molecule has 0 spiro atoms. The average Bonchev–Trinajstić information content (AvgIpc) is 3.37. The van der Waals surface area contributed by atoms with Crippen LogP contribution in [0.1, 0.15) is 18.9 Å². The Hall–Kier alpha value is -3.59. The Morgan fingerprint density at radius 1 is 0.933 bits per heavy atom. The number of benzene rings is 1. The number of hydrogen-bond donors (Lipinski definition) is 0. The number of pyridine rings is 1. The molecule has 4 aromatic heterocycles. The smallest absolute Gasteiger partial charge is 0.253 e. The Morgan fingerprint density at radius 3 is 2.57 bits per heavy atom. The molecule has 146 valence electrons. The van der Waals surface area contributed by atoms with Crippen molar-refractivity contribution in [1.29, 1.82) is 0 Å². The molecule has 0 amide bonds. The molecule has 1 aliphatic carbocycles. The van der Waals surface area contributed by atoms with Crippen molar-refractivity contribution in [3.05, 3.63) is 67.3 Å². The number of fused-ring (bicyclic) bond motifs is 1. The summed E-state index contributed by atoms with van der Waals surface area (Å²) in [5.74, 6) is 1.43. The van der Waals surface area contributed by atoms with E-state index in [1.807, 2.05) is 48.5 Å². The molecule has 1 fully saturated rings.